The predicted molar refractivity (Wildman–Crippen MR) is 106 cm³/mol. The SMILES string of the molecule is CC(=O)c1ccc(N2CCN(C(=O)c3oc4ccccc4c3C)CC2)cc1. The minimum absolute atomic E-state index is 0.0460. The normalized spacial score (nSPS) is 14.6. The van der Waals surface area contributed by atoms with E-state index in [1.54, 1.807) is 6.92 Å². The first kappa shape index (κ1) is 17.3. The fourth-order valence-electron chi connectivity index (χ4n) is 3.60. The quantitative estimate of drug-likeness (QED) is 0.663. The number of hydrogen-bond donors (Lipinski definition) is 0. The number of rotatable bonds is 3. The number of anilines is 1. The molecular weight excluding hydrogens is 340 g/mol. The van der Waals surface area contributed by atoms with Crippen LogP contribution in [0.1, 0.15) is 33.4 Å². The number of carbonyl (C=O) groups excluding carboxylic acids is 2. The summed E-state index contributed by atoms with van der Waals surface area (Å²) in [5.41, 5.74) is 3.44. The molecule has 0 spiro atoms. The van der Waals surface area contributed by atoms with Crippen LogP contribution in [0, 0.1) is 6.92 Å². The minimum Gasteiger partial charge on any atom is -0.451 e. The Morgan fingerprint density at radius 1 is 0.926 bits per heavy atom. The molecule has 0 atom stereocenters. The molecule has 0 N–H and O–H groups in total. The Labute approximate surface area is 158 Å². The lowest BCUT2D eigenvalue weighted by Crippen LogP contribution is -2.48. The molecular formula is C22H22N2O3. The van der Waals surface area contributed by atoms with Crippen LogP contribution in [0.4, 0.5) is 5.69 Å². The molecule has 0 aliphatic carbocycles. The van der Waals surface area contributed by atoms with Crippen molar-refractivity contribution in [2.75, 3.05) is 31.1 Å². The first-order valence-electron chi connectivity index (χ1n) is 9.18. The molecule has 5 heteroatoms. The number of piperazine rings is 1. The molecule has 1 amide bonds. The van der Waals surface area contributed by atoms with Gasteiger partial charge < -0.3 is 14.2 Å². The maximum atomic E-state index is 12.9. The number of carbonyl (C=O) groups is 2. The number of benzene rings is 2. The number of hydrogen-bond acceptors (Lipinski definition) is 4. The van der Waals surface area contributed by atoms with Gasteiger partial charge in [0.1, 0.15) is 5.58 Å². The highest BCUT2D eigenvalue weighted by atomic mass is 16.3. The van der Waals surface area contributed by atoms with Crippen LogP contribution in [0.5, 0.6) is 0 Å². The number of aryl methyl sites for hydroxylation is 1. The first-order chi connectivity index (χ1) is 13.0. The number of ketones is 1. The molecule has 1 aromatic heterocycles. The molecule has 1 fully saturated rings. The fraction of sp³-hybridized carbons (Fsp3) is 0.273. The van der Waals surface area contributed by atoms with Gasteiger partial charge in [-0.1, -0.05) is 18.2 Å². The van der Waals surface area contributed by atoms with Crippen LogP contribution in [-0.4, -0.2) is 42.8 Å². The Hall–Kier alpha value is -3.08. The molecule has 2 heterocycles. The van der Waals surface area contributed by atoms with E-state index in [-0.39, 0.29) is 11.7 Å². The molecule has 138 valence electrons. The number of furan rings is 1. The maximum Gasteiger partial charge on any atom is 0.290 e. The van der Waals surface area contributed by atoms with Gasteiger partial charge in [0.25, 0.3) is 5.91 Å². The Morgan fingerprint density at radius 2 is 1.59 bits per heavy atom. The molecule has 0 radical (unpaired) electrons. The summed E-state index contributed by atoms with van der Waals surface area (Å²) in [5, 5.41) is 0.991. The van der Waals surface area contributed by atoms with Gasteiger partial charge in [0.15, 0.2) is 11.5 Å². The lowest BCUT2D eigenvalue weighted by Gasteiger charge is -2.35. The number of fused-ring (bicyclic) bond motifs is 1. The van der Waals surface area contributed by atoms with Crippen molar-refractivity contribution in [1.29, 1.82) is 0 Å². The number of nitrogens with zero attached hydrogens (tertiary/aromatic N) is 2. The summed E-state index contributed by atoms with van der Waals surface area (Å²) >= 11 is 0. The van der Waals surface area contributed by atoms with Crippen molar-refractivity contribution in [2.45, 2.75) is 13.8 Å². The molecule has 1 aliphatic heterocycles. The monoisotopic (exact) mass is 362 g/mol. The van der Waals surface area contributed by atoms with Crippen LogP contribution in [0.2, 0.25) is 0 Å². The molecule has 1 aliphatic rings. The molecule has 5 nitrogen and oxygen atoms in total. The van der Waals surface area contributed by atoms with Crippen molar-refractivity contribution in [3.05, 3.63) is 65.4 Å². The summed E-state index contributed by atoms with van der Waals surface area (Å²) < 4.78 is 5.82. The van der Waals surface area contributed by atoms with Gasteiger partial charge in [-0.15, -0.1) is 0 Å². The average Bonchev–Trinajstić information content (AvgIpc) is 3.04. The summed E-state index contributed by atoms with van der Waals surface area (Å²) in [5.74, 6) is 0.462. The molecule has 1 saturated heterocycles. The topological polar surface area (TPSA) is 53.8 Å². The molecule has 2 aromatic carbocycles. The second-order valence-corrected chi connectivity index (χ2v) is 6.93. The van der Waals surface area contributed by atoms with Crippen LogP contribution in [-0.2, 0) is 0 Å². The van der Waals surface area contributed by atoms with E-state index in [1.807, 2.05) is 60.4 Å². The van der Waals surface area contributed by atoms with Crippen LogP contribution >= 0.6 is 0 Å². The Balaban J connectivity index is 1.46. The molecule has 0 bridgehead atoms. The molecule has 0 saturated carbocycles. The summed E-state index contributed by atoms with van der Waals surface area (Å²) in [7, 11) is 0. The summed E-state index contributed by atoms with van der Waals surface area (Å²) in [6, 6.07) is 15.4. The zero-order valence-electron chi connectivity index (χ0n) is 15.6. The Kier molecular flexibility index (Phi) is 4.44. The van der Waals surface area contributed by atoms with Crippen molar-refractivity contribution >= 4 is 28.3 Å². The van der Waals surface area contributed by atoms with Crippen LogP contribution in [0.3, 0.4) is 0 Å². The maximum absolute atomic E-state index is 12.9. The van der Waals surface area contributed by atoms with E-state index in [9.17, 15) is 9.59 Å². The molecule has 4 rings (SSSR count). The van der Waals surface area contributed by atoms with Crippen molar-refractivity contribution < 1.29 is 14.0 Å². The number of para-hydroxylation sites is 1. The zero-order valence-corrected chi connectivity index (χ0v) is 15.6. The number of amides is 1. The summed E-state index contributed by atoms with van der Waals surface area (Å²) in [6.45, 7) is 6.30. The third-order valence-electron chi connectivity index (χ3n) is 5.24. The standard InChI is InChI=1S/C22H22N2O3/c1-15-19-5-3-4-6-20(19)27-21(15)22(26)24-13-11-23(12-14-24)18-9-7-17(8-10-18)16(2)25/h3-10H,11-14H2,1-2H3. The highest BCUT2D eigenvalue weighted by molar-refractivity contribution is 5.99. The van der Waals surface area contributed by atoms with E-state index < -0.39 is 0 Å². The minimum atomic E-state index is -0.0460. The first-order valence-corrected chi connectivity index (χ1v) is 9.18. The van der Waals surface area contributed by atoms with Crippen LogP contribution < -0.4 is 4.90 Å². The van der Waals surface area contributed by atoms with E-state index >= 15 is 0 Å². The second-order valence-electron chi connectivity index (χ2n) is 6.93. The van der Waals surface area contributed by atoms with Crippen molar-refractivity contribution in [3.8, 4) is 0 Å². The fourth-order valence-corrected chi connectivity index (χ4v) is 3.60. The van der Waals surface area contributed by atoms with E-state index in [4.69, 9.17) is 4.42 Å². The molecule has 0 unspecified atom stereocenters. The lowest BCUT2D eigenvalue weighted by molar-refractivity contribution is 0.0716. The average molecular weight is 362 g/mol. The molecule has 27 heavy (non-hydrogen) atoms. The van der Waals surface area contributed by atoms with Gasteiger partial charge >= 0.3 is 0 Å². The van der Waals surface area contributed by atoms with Gasteiger partial charge in [-0.25, -0.2) is 0 Å². The van der Waals surface area contributed by atoms with E-state index in [0.29, 0.717) is 24.4 Å². The van der Waals surface area contributed by atoms with E-state index in [0.717, 1.165) is 35.3 Å². The van der Waals surface area contributed by atoms with Gasteiger partial charge in [-0.3, -0.25) is 9.59 Å². The largest absolute Gasteiger partial charge is 0.451 e. The summed E-state index contributed by atoms with van der Waals surface area (Å²) in [6.07, 6.45) is 0. The van der Waals surface area contributed by atoms with E-state index in [1.165, 1.54) is 0 Å². The molecule has 3 aromatic rings. The van der Waals surface area contributed by atoms with Crippen molar-refractivity contribution in [1.82, 2.24) is 4.90 Å². The highest BCUT2D eigenvalue weighted by Gasteiger charge is 2.26. The smallest absolute Gasteiger partial charge is 0.290 e. The third kappa shape index (κ3) is 3.21. The highest BCUT2D eigenvalue weighted by Crippen LogP contribution is 2.26. The Morgan fingerprint density at radius 3 is 2.22 bits per heavy atom. The summed E-state index contributed by atoms with van der Waals surface area (Å²) in [4.78, 5) is 28.4. The zero-order chi connectivity index (χ0) is 19.0. The lowest BCUT2D eigenvalue weighted by atomic mass is 10.1. The second kappa shape index (κ2) is 6.91. The predicted octanol–water partition coefficient (Wildman–Crippen LogP) is 3.91. The van der Waals surface area contributed by atoms with Crippen LogP contribution in [0.15, 0.2) is 52.9 Å². The van der Waals surface area contributed by atoms with Gasteiger partial charge in [-0.05, 0) is 44.2 Å². The van der Waals surface area contributed by atoms with E-state index in [2.05, 4.69) is 4.90 Å². The van der Waals surface area contributed by atoms with Crippen molar-refractivity contribution in [2.24, 2.45) is 0 Å². The van der Waals surface area contributed by atoms with Gasteiger partial charge in [0.2, 0.25) is 0 Å². The third-order valence-corrected chi connectivity index (χ3v) is 5.24. The van der Waals surface area contributed by atoms with Gasteiger partial charge in [0, 0.05) is 48.4 Å². The van der Waals surface area contributed by atoms with Gasteiger partial charge in [0.05, 0.1) is 0 Å². The number of Topliss-reactive ketones (excluding diaryl/α,β-unsaturated/α-hetero) is 1. The van der Waals surface area contributed by atoms with Gasteiger partial charge in [-0.2, -0.15) is 0 Å². The van der Waals surface area contributed by atoms with Crippen LogP contribution in [0.25, 0.3) is 11.0 Å². The van der Waals surface area contributed by atoms with Crippen molar-refractivity contribution in [3.63, 3.8) is 0 Å². The Bertz CT molecular complexity index is 996.